The smallest absolute Gasteiger partial charge is 0.374 e. The molecule has 0 spiro atoms. The van der Waals surface area contributed by atoms with E-state index in [9.17, 15) is 10.1 Å². The molecule has 0 bridgehead atoms. The Bertz CT molecular complexity index is 572. The van der Waals surface area contributed by atoms with Crippen LogP contribution in [-0.2, 0) is 6.54 Å². The zero-order valence-corrected chi connectivity index (χ0v) is 9.83. The molecule has 2 heterocycles. The van der Waals surface area contributed by atoms with Gasteiger partial charge in [0.25, 0.3) is 0 Å². The van der Waals surface area contributed by atoms with Crippen LogP contribution >= 0.6 is 0 Å². The lowest BCUT2D eigenvalue weighted by Crippen LogP contribution is -2.05. The van der Waals surface area contributed by atoms with Crippen molar-refractivity contribution in [3.63, 3.8) is 0 Å². The highest BCUT2D eigenvalue weighted by atomic mass is 16.6. The van der Waals surface area contributed by atoms with Gasteiger partial charge < -0.3 is 15.4 Å². The van der Waals surface area contributed by atoms with Gasteiger partial charge in [-0.05, 0) is 46.2 Å². The summed E-state index contributed by atoms with van der Waals surface area (Å²) < 4.78 is 0. The maximum Gasteiger partial charge on any atom is 0.386 e. The topological polar surface area (TPSA) is 81.0 Å². The van der Waals surface area contributed by atoms with Crippen LogP contribution in [0, 0.1) is 17.0 Å². The molecular weight excluding hydrogens is 232 g/mol. The summed E-state index contributed by atoms with van der Waals surface area (Å²) in [7, 11) is 0. The first-order chi connectivity index (χ1) is 8.68. The van der Waals surface area contributed by atoms with Crippen LogP contribution < -0.4 is 5.32 Å². The predicted molar refractivity (Wildman–Crippen MR) is 67.2 cm³/mol. The van der Waals surface area contributed by atoms with Gasteiger partial charge in [-0.15, -0.1) is 0 Å². The molecule has 1 N–H and O–H groups in total. The molecule has 2 rings (SSSR count). The third kappa shape index (κ3) is 2.60. The van der Waals surface area contributed by atoms with Gasteiger partial charge in [0.05, 0.1) is 0 Å². The summed E-state index contributed by atoms with van der Waals surface area (Å²) in [5, 5.41) is 13.8. The Hall–Kier alpha value is -2.50. The van der Waals surface area contributed by atoms with E-state index < -0.39 is 4.92 Å². The molecule has 0 saturated heterocycles. The molecule has 0 atom stereocenters. The molecule has 0 amide bonds. The fourth-order valence-corrected chi connectivity index (χ4v) is 1.57. The summed E-state index contributed by atoms with van der Waals surface area (Å²) in [6.07, 6.45) is 4.86. The standard InChI is InChI=1S/C12H12N4O2/c1-9-7-13-6-4-10(9)8-15-11-3-2-5-14-12(11)16(17)18/h2-7,15H,8H2,1H3. The van der Waals surface area contributed by atoms with Crippen LogP contribution in [0.25, 0.3) is 0 Å². The molecule has 0 unspecified atom stereocenters. The van der Waals surface area contributed by atoms with Crippen molar-refractivity contribution in [2.24, 2.45) is 0 Å². The summed E-state index contributed by atoms with van der Waals surface area (Å²) in [5.74, 6) is -0.163. The highest BCUT2D eigenvalue weighted by molar-refractivity contribution is 5.56. The molecular formula is C12H12N4O2. The van der Waals surface area contributed by atoms with E-state index >= 15 is 0 Å². The van der Waals surface area contributed by atoms with Gasteiger partial charge in [-0.25, -0.2) is 0 Å². The Kier molecular flexibility index (Phi) is 3.47. The third-order valence-electron chi connectivity index (χ3n) is 2.57. The largest absolute Gasteiger partial charge is 0.386 e. The number of aryl methyl sites for hydroxylation is 1. The van der Waals surface area contributed by atoms with Gasteiger partial charge in [-0.3, -0.25) is 4.98 Å². The molecule has 6 heteroatoms. The van der Waals surface area contributed by atoms with Crippen molar-refractivity contribution in [3.05, 3.63) is 58.0 Å². The average molecular weight is 244 g/mol. The van der Waals surface area contributed by atoms with Crippen molar-refractivity contribution in [2.45, 2.75) is 13.5 Å². The second kappa shape index (κ2) is 5.22. The van der Waals surface area contributed by atoms with E-state index in [4.69, 9.17) is 0 Å². The summed E-state index contributed by atoms with van der Waals surface area (Å²) in [4.78, 5) is 18.0. The molecule has 0 aliphatic heterocycles. The number of pyridine rings is 2. The average Bonchev–Trinajstić information content (AvgIpc) is 2.38. The van der Waals surface area contributed by atoms with Crippen molar-refractivity contribution < 1.29 is 4.92 Å². The summed E-state index contributed by atoms with van der Waals surface area (Å²) in [6, 6.07) is 5.18. The lowest BCUT2D eigenvalue weighted by atomic mass is 10.1. The second-order valence-electron chi connectivity index (χ2n) is 3.79. The molecule has 0 fully saturated rings. The first-order valence-electron chi connectivity index (χ1n) is 5.41. The van der Waals surface area contributed by atoms with Crippen LogP contribution in [-0.4, -0.2) is 14.9 Å². The molecule has 0 aromatic carbocycles. The zero-order valence-electron chi connectivity index (χ0n) is 9.83. The SMILES string of the molecule is Cc1cnccc1CNc1cccnc1[N+](=O)[O-]. The van der Waals surface area contributed by atoms with E-state index in [1.165, 1.54) is 6.20 Å². The molecule has 6 nitrogen and oxygen atoms in total. The molecule has 0 saturated carbocycles. The molecule has 0 aliphatic rings. The summed E-state index contributed by atoms with van der Waals surface area (Å²) >= 11 is 0. The minimum absolute atomic E-state index is 0.163. The Morgan fingerprint density at radius 2 is 2.22 bits per heavy atom. The fraction of sp³-hybridized carbons (Fsp3) is 0.167. The van der Waals surface area contributed by atoms with Crippen molar-refractivity contribution >= 4 is 11.5 Å². The van der Waals surface area contributed by atoms with Crippen LogP contribution in [0.2, 0.25) is 0 Å². The van der Waals surface area contributed by atoms with Crippen LogP contribution in [0.5, 0.6) is 0 Å². The molecule has 2 aromatic heterocycles. The van der Waals surface area contributed by atoms with Crippen LogP contribution in [0.15, 0.2) is 36.8 Å². The highest BCUT2D eigenvalue weighted by Gasteiger charge is 2.13. The van der Waals surface area contributed by atoms with E-state index in [1.807, 2.05) is 13.0 Å². The van der Waals surface area contributed by atoms with Crippen LogP contribution in [0.4, 0.5) is 11.5 Å². The van der Waals surface area contributed by atoms with Crippen molar-refractivity contribution in [1.29, 1.82) is 0 Å². The number of nitrogens with one attached hydrogen (secondary N) is 1. The Labute approximate surface area is 104 Å². The molecule has 2 aromatic rings. The Morgan fingerprint density at radius 3 is 2.94 bits per heavy atom. The zero-order chi connectivity index (χ0) is 13.0. The molecule has 18 heavy (non-hydrogen) atoms. The van der Waals surface area contributed by atoms with Gasteiger partial charge in [0.1, 0.15) is 11.9 Å². The highest BCUT2D eigenvalue weighted by Crippen LogP contribution is 2.21. The molecule has 92 valence electrons. The van der Waals surface area contributed by atoms with E-state index in [0.717, 1.165) is 11.1 Å². The number of nitro groups is 1. The van der Waals surface area contributed by atoms with Crippen molar-refractivity contribution in [1.82, 2.24) is 9.97 Å². The van der Waals surface area contributed by atoms with E-state index in [0.29, 0.717) is 12.2 Å². The Balaban J connectivity index is 2.16. The van der Waals surface area contributed by atoms with Gasteiger partial charge >= 0.3 is 5.82 Å². The van der Waals surface area contributed by atoms with Crippen LogP contribution in [0.1, 0.15) is 11.1 Å². The number of hydrogen-bond acceptors (Lipinski definition) is 5. The van der Waals surface area contributed by atoms with Crippen molar-refractivity contribution in [3.8, 4) is 0 Å². The first kappa shape index (κ1) is 12.0. The number of hydrogen-bond donors (Lipinski definition) is 1. The fourth-order valence-electron chi connectivity index (χ4n) is 1.57. The Morgan fingerprint density at radius 1 is 1.39 bits per heavy atom. The quantitative estimate of drug-likeness (QED) is 0.659. The number of rotatable bonds is 4. The molecule has 0 radical (unpaired) electrons. The minimum atomic E-state index is -0.498. The lowest BCUT2D eigenvalue weighted by Gasteiger charge is -2.08. The summed E-state index contributed by atoms with van der Waals surface area (Å²) in [6.45, 7) is 2.45. The lowest BCUT2D eigenvalue weighted by molar-refractivity contribution is -0.388. The summed E-state index contributed by atoms with van der Waals surface area (Å²) in [5.41, 5.74) is 2.50. The monoisotopic (exact) mass is 244 g/mol. The maximum absolute atomic E-state index is 10.8. The van der Waals surface area contributed by atoms with Gasteiger partial charge in [0.2, 0.25) is 0 Å². The molecule has 0 aliphatic carbocycles. The normalized spacial score (nSPS) is 10.1. The van der Waals surface area contributed by atoms with E-state index in [2.05, 4.69) is 15.3 Å². The van der Waals surface area contributed by atoms with E-state index in [-0.39, 0.29) is 5.82 Å². The number of aromatic nitrogens is 2. The van der Waals surface area contributed by atoms with Gasteiger partial charge in [0, 0.05) is 18.9 Å². The third-order valence-corrected chi connectivity index (χ3v) is 2.57. The van der Waals surface area contributed by atoms with Crippen LogP contribution in [0.3, 0.4) is 0 Å². The van der Waals surface area contributed by atoms with Gasteiger partial charge in [0.15, 0.2) is 0 Å². The number of anilines is 1. The van der Waals surface area contributed by atoms with Gasteiger partial charge in [-0.1, -0.05) is 0 Å². The van der Waals surface area contributed by atoms with Gasteiger partial charge in [-0.2, -0.15) is 0 Å². The second-order valence-corrected chi connectivity index (χ2v) is 3.79. The predicted octanol–water partition coefficient (Wildman–Crippen LogP) is 2.31. The number of nitrogens with zero attached hydrogens (tertiary/aromatic N) is 3. The maximum atomic E-state index is 10.8. The first-order valence-corrected chi connectivity index (χ1v) is 5.41. The minimum Gasteiger partial charge on any atom is -0.374 e. The van der Waals surface area contributed by atoms with Crippen molar-refractivity contribution in [2.75, 3.05) is 5.32 Å². The van der Waals surface area contributed by atoms with E-state index in [1.54, 1.807) is 24.5 Å².